The molecule has 0 saturated heterocycles. The minimum Gasteiger partial charge on any atom is -0.495 e. The van der Waals surface area contributed by atoms with E-state index in [0.29, 0.717) is 17.5 Å². The number of rotatable bonds is 8. The summed E-state index contributed by atoms with van der Waals surface area (Å²) < 4.78 is 26.6. The quantitative estimate of drug-likeness (QED) is 0.388. The van der Waals surface area contributed by atoms with E-state index in [4.69, 9.17) is 31.8 Å². The van der Waals surface area contributed by atoms with Crippen LogP contribution in [0.25, 0.3) is 5.69 Å². The molecule has 2 aliphatic rings. The van der Waals surface area contributed by atoms with Gasteiger partial charge in [-0.15, -0.1) is 0 Å². The smallest absolute Gasteiger partial charge is 0.190 e. The number of hydrogen-bond donors (Lipinski definition) is 3. The number of methoxy groups -OCH3 is 2. The van der Waals surface area contributed by atoms with Gasteiger partial charge in [0.2, 0.25) is 0 Å². The maximum absolute atomic E-state index is 13.7. The van der Waals surface area contributed by atoms with Gasteiger partial charge < -0.3 is 24.7 Å². The van der Waals surface area contributed by atoms with E-state index in [-0.39, 0.29) is 17.8 Å². The van der Waals surface area contributed by atoms with Gasteiger partial charge in [0.15, 0.2) is 5.79 Å². The molecule has 4 N–H and O–H groups in total. The second-order valence-corrected chi connectivity index (χ2v) is 9.97. The average molecular weight is 539 g/mol. The summed E-state index contributed by atoms with van der Waals surface area (Å²) in [6, 6.07) is 12.4. The fourth-order valence-corrected chi connectivity index (χ4v) is 5.31. The highest BCUT2D eigenvalue weighted by atomic mass is 35.5. The van der Waals surface area contributed by atoms with E-state index >= 15 is 0 Å². The molecule has 5 rings (SSSR count). The summed E-state index contributed by atoms with van der Waals surface area (Å²) in [5.41, 5.74) is 11.7. The van der Waals surface area contributed by atoms with Gasteiger partial charge >= 0.3 is 0 Å². The lowest BCUT2D eigenvalue weighted by molar-refractivity contribution is 0.179. The van der Waals surface area contributed by atoms with Crippen molar-refractivity contribution < 1.29 is 13.9 Å². The topological polar surface area (TPSA) is 98.7 Å². The number of nitrogens with two attached hydrogens (primary N) is 1. The molecule has 200 valence electrons. The third kappa shape index (κ3) is 5.01. The molecule has 0 spiro atoms. The molecule has 0 amide bonds. The van der Waals surface area contributed by atoms with Crippen molar-refractivity contribution in [1.29, 1.82) is 0 Å². The Balaban J connectivity index is 1.57. The number of nitrogens with one attached hydrogen (secondary N) is 2. The van der Waals surface area contributed by atoms with Gasteiger partial charge in [-0.25, -0.2) is 9.37 Å². The molecule has 2 aromatic carbocycles. The van der Waals surface area contributed by atoms with Crippen molar-refractivity contribution in [2.24, 2.45) is 10.7 Å². The minimum absolute atomic E-state index is 0.0219. The van der Waals surface area contributed by atoms with Crippen molar-refractivity contribution in [2.75, 3.05) is 20.8 Å². The Morgan fingerprint density at radius 2 is 2.03 bits per heavy atom. The molecule has 8 nitrogen and oxygen atoms in total. The zero-order chi connectivity index (χ0) is 26.9. The lowest BCUT2D eigenvalue weighted by Crippen LogP contribution is -2.65. The second kappa shape index (κ2) is 10.8. The monoisotopic (exact) mass is 538 g/mol. The first-order chi connectivity index (χ1) is 18.3. The van der Waals surface area contributed by atoms with Crippen LogP contribution in [0.4, 0.5) is 4.39 Å². The molecule has 0 saturated carbocycles. The zero-order valence-electron chi connectivity index (χ0n) is 21.7. The predicted octanol–water partition coefficient (Wildman–Crippen LogP) is 4.59. The molecule has 0 bridgehead atoms. The van der Waals surface area contributed by atoms with Gasteiger partial charge in [-0.05, 0) is 49.1 Å². The molecule has 0 radical (unpaired) electrons. The van der Waals surface area contributed by atoms with Crippen molar-refractivity contribution >= 4 is 17.4 Å². The first kappa shape index (κ1) is 26.2. The number of benzene rings is 2. The molecule has 10 heteroatoms. The first-order valence-electron chi connectivity index (χ1n) is 12.6. The van der Waals surface area contributed by atoms with Gasteiger partial charge in [0.1, 0.15) is 28.9 Å². The Labute approximate surface area is 226 Å². The van der Waals surface area contributed by atoms with E-state index in [1.807, 2.05) is 30.3 Å². The van der Waals surface area contributed by atoms with Crippen LogP contribution in [0.1, 0.15) is 43.2 Å². The average Bonchev–Trinajstić information content (AvgIpc) is 3.54. The molecular weight excluding hydrogens is 507 g/mol. The van der Waals surface area contributed by atoms with Crippen LogP contribution in [0.3, 0.4) is 0 Å². The molecule has 38 heavy (non-hydrogen) atoms. The zero-order valence-corrected chi connectivity index (χ0v) is 22.4. The van der Waals surface area contributed by atoms with Crippen LogP contribution in [0, 0.1) is 5.82 Å². The first-order valence-corrected chi connectivity index (χ1v) is 13.0. The van der Waals surface area contributed by atoms with E-state index in [1.165, 1.54) is 12.1 Å². The number of hydrogen-bond acceptors (Lipinski definition) is 6. The fraction of sp³-hybridized carbons (Fsp3) is 0.357. The SMILES string of the molecule is CC[C@H](COC)N=C1NC(N)(c2ccc(-n3cnc(Cl)c3)c(OC)c2)NC2=C1CCC2c1ccc(F)cc1. The van der Waals surface area contributed by atoms with Crippen LogP contribution in [-0.4, -0.2) is 42.3 Å². The molecule has 3 atom stereocenters. The Hall–Kier alpha value is -3.40. The molecule has 0 fully saturated rings. The molecular formula is C28H32ClFN6O2. The number of allylic oxidation sites excluding steroid dienone is 1. The largest absolute Gasteiger partial charge is 0.495 e. The molecule has 1 aliphatic heterocycles. The Morgan fingerprint density at radius 3 is 2.68 bits per heavy atom. The highest BCUT2D eigenvalue weighted by Gasteiger charge is 2.42. The van der Waals surface area contributed by atoms with Gasteiger partial charge in [0.05, 0.1) is 25.4 Å². The van der Waals surface area contributed by atoms with Crippen LogP contribution in [-0.2, 0) is 10.5 Å². The normalized spacial score (nSPS) is 22.7. The van der Waals surface area contributed by atoms with Crippen molar-refractivity contribution in [3.63, 3.8) is 0 Å². The van der Waals surface area contributed by atoms with Crippen molar-refractivity contribution in [2.45, 2.75) is 43.9 Å². The molecule has 1 aromatic heterocycles. The number of amidine groups is 1. The lowest BCUT2D eigenvalue weighted by Gasteiger charge is -2.41. The maximum atomic E-state index is 13.7. The van der Waals surface area contributed by atoms with E-state index in [2.05, 4.69) is 22.5 Å². The van der Waals surface area contributed by atoms with Crippen LogP contribution in [0.5, 0.6) is 5.75 Å². The van der Waals surface area contributed by atoms with Gasteiger partial charge in [0.25, 0.3) is 0 Å². The maximum Gasteiger partial charge on any atom is 0.190 e. The summed E-state index contributed by atoms with van der Waals surface area (Å²) >= 11 is 6.04. The minimum atomic E-state index is -1.18. The number of imidazole rings is 1. The van der Waals surface area contributed by atoms with Crippen molar-refractivity contribution in [3.05, 3.63) is 88.4 Å². The Bertz CT molecular complexity index is 1370. The highest BCUT2D eigenvalue weighted by Crippen LogP contribution is 2.42. The summed E-state index contributed by atoms with van der Waals surface area (Å²) in [4.78, 5) is 9.15. The van der Waals surface area contributed by atoms with Crippen LogP contribution in [0.2, 0.25) is 5.15 Å². The van der Waals surface area contributed by atoms with E-state index in [9.17, 15) is 4.39 Å². The number of ether oxygens (including phenoxy) is 2. The van der Waals surface area contributed by atoms with Crippen molar-refractivity contribution in [3.8, 4) is 11.4 Å². The van der Waals surface area contributed by atoms with E-state index in [1.54, 1.807) is 31.3 Å². The van der Waals surface area contributed by atoms with Gasteiger partial charge in [-0.3, -0.25) is 10.7 Å². The van der Waals surface area contributed by atoms with Crippen LogP contribution >= 0.6 is 11.6 Å². The number of nitrogens with zero attached hydrogens (tertiary/aromatic N) is 3. The van der Waals surface area contributed by atoms with Crippen molar-refractivity contribution in [1.82, 2.24) is 20.2 Å². The van der Waals surface area contributed by atoms with E-state index < -0.39 is 5.79 Å². The number of halogens is 2. The Morgan fingerprint density at radius 1 is 1.24 bits per heavy atom. The Kier molecular flexibility index (Phi) is 7.43. The molecule has 2 unspecified atom stereocenters. The van der Waals surface area contributed by atoms with Gasteiger partial charge in [-0.2, -0.15) is 0 Å². The summed E-state index contributed by atoms with van der Waals surface area (Å²) in [6.07, 6.45) is 5.85. The summed E-state index contributed by atoms with van der Waals surface area (Å²) in [6.45, 7) is 2.59. The lowest BCUT2D eigenvalue weighted by atomic mass is 9.94. The van der Waals surface area contributed by atoms with Crippen LogP contribution in [0.15, 0.2) is 71.3 Å². The fourth-order valence-electron chi connectivity index (χ4n) is 5.16. The van der Waals surface area contributed by atoms with Gasteiger partial charge in [-0.1, -0.05) is 36.7 Å². The molecule has 1 aliphatic carbocycles. The van der Waals surface area contributed by atoms with E-state index in [0.717, 1.165) is 53.2 Å². The summed E-state index contributed by atoms with van der Waals surface area (Å²) in [5.74, 6) is -0.0388. The predicted molar refractivity (Wildman–Crippen MR) is 146 cm³/mol. The summed E-state index contributed by atoms with van der Waals surface area (Å²) in [7, 11) is 3.29. The van der Waals surface area contributed by atoms with Gasteiger partial charge in [0, 0.05) is 36.1 Å². The summed E-state index contributed by atoms with van der Waals surface area (Å²) in [5, 5.41) is 7.45. The third-order valence-electron chi connectivity index (χ3n) is 7.17. The molecule has 3 aromatic rings. The number of aromatic nitrogens is 2. The number of aliphatic imine (C=N–C) groups is 1. The second-order valence-electron chi connectivity index (χ2n) is 9.58. The molecule has 2 heterocycles. The standard InChI is InChI=1S/C28H32ClFN6O2/c1-4-20(15-37-2)33-27-22-11-10-21(17-5-8-19(30)9-6-17)26(22)34-28(31,35-27)18-7-12-23(24(13-18)38-3)36-14-25(29)32-16-36/h5-9,12-14,16,20-21,34H,4,10-11,15,31H2,1-3H3,(H,33,35)/t20-,21?,28?/m1/s1. The van der Waals surface area contributed by atoms with Crippen LogP contribution < -0.4 is 21.1 Å². The third-order valence-corrected chi connectivity index (χ3v) is 7.36. The highest BCUT2D eigenvalue weighted by molar-refractivity contribution is 6.29.